The Morgan fingerprint density at radius 2 is 1.83 bits per heavy atom. The normalized spacial score (nSPS) is 23.1. The second-order valence-corrected chi connectivity index (χ2v) is 11.7. The third kappa shape index (κ3) is 7.53. The standard InChI is InChI=1S/C23H40N4O8S/c1-4-5-6-7-14-33-21(29)23(2,3)16-34-36(31,32)35-27-18-8-9-19(26(15-18)22(27)30)20(28)25-17-10-12-24-13-11-17/h17-19,24H,4-16H2,1-3H3,(H,25,28)/p+1/t18-,19+/m1/s1. The Labute approximate surface area is 213 Å². The summed E-state index contributed by atoms with van der Waals surface area (Å²) in [6.45, 7) is 6.99. The van der Waals surface area contributed by atoms with E-state index >= 15 is 0 Å². The molecule has 0 aliphatic carbocycles. The predicted molar refractivity (Wildman–Crippen MR) is 128 cm³/mol. The average Bonchev–Trinajstić information content (AvgIpc) is 3.07. The average molecular weight is 534 g/mol. The van der Waals surface area contributed by atoms with Crippen molar-refractivity contribution in [3.63, 3.8) is 0 Å². The van der Waals surface area contributed by atoms with Crippen LogP contribution in [0.25, 0.3) is 0 Å². The van der Waals surface area contributed by atoms with Gasteiger partial charge in [0.15, 0.2) is 0 Å². The molecule has 3 amide bonds. The van der Waals surface area contributed by atoms with Crippen LogP contribution in [-0.4, -0.2) is 87.3 Å². The lowest BCUT2D eigenvalue weighted by molar-refractivity contribution is -0.663. The summed E-state index contributed by atoms with van der Waals surface area (Å²) in [5.74, 6) is -0.789. The summed E-state index contributed by atoms with van der Waals surface area (Å²) in [7, 11) is -4.63. The molecule has 3 aliphatic heterocycles. The van der Waals surface area contributed by atoms with Gasteiger partial charge in [0, 0.05) is 25.4 Å². The maximum Gasteiger partial charge on any atom is 0.421 e. The van der Waals surface area contributed by atoms with Gasteiger partial charge < -0.3 is 20.3 Å². The van der Waals surface area contributed by atoms with Crippen LogP contribution in [0, 0.1) is 5.41 Å². The maximum absolute atomic E-state index is 12.9. The molecule has 3 aliphatic rings. The third-order valence-electron chi connectivity index (χ3n) is 6.93. The zero-order valence-corrected chi connectivity index (χ0v) is 22.4. The largest absolute Gasteiger partial charge is 0.465 e. The van der Waals surface area contributed by atoms with Crippen LogP contribution in [0.3, 0.4) is 0 Å². The van der Waals surface area contributed by atoms with Crippen LogP contribution < -0.4 is 10.6 Å². The first-order valence-electron chi connectivity index (χ1n) is 13.0. The first-order valence-corrected chi connectivity index (χ1v) is 14.4. The van der Waals surface area contributed by atoms with Crippen LogP contribution in [0.2, 0.25) is 0 Å². The molecule has 12 nitrogen and oxygen atoms in total. The fraction of sp³-hybridized carbons (Fsp3) is 0.870. The molecule has 3 heterocycles. The molecule has 0 saturated carbocycles. The lowest BCUT2D eigenvalue weighted by Crippen LogP contribution is -2.87. The van der Waals surface area contributed by atoms with Gasteiger partial charge in [0.05, 0.1) is 37.8 Å². The molecule has 3 saturated heterocycles. The van der Waals surface area contributed by atoms with Crippen molar-refractivity contribution in [3.8, 4) is 0 Å². The number of hydrogen-bond donors (Lipinski definition) is 2. The zero-order chi connectivity index (χ0) is 26.3. The Hall–Kier alpha value is -1.96. The van der Waals surface area contributed by atoms with E-state index in [1.54, 1.807) is 0 Å². The molecule has 2 atom stereocenters. The van der Waals surface area contributed by atoms with Crippen molar-refractivity contribution in [2.45, 2.75) is 90.3 Å². The molecule has 0 aromatic rings. The van der Waals surface area contributed by atoms with E-state index in [9.17, 15) is 22.8 Å². The summed E-state index contributed by atoms with van der Waals surface area (Å²) in [4.78, 5) is 39.5. The van der Waals surface area contributed by atoms with E-state index < -0.39 is 46.5 Å². The van der Waals surface area contributed by atoms with E-state index in [-0.39, 0.29) is 25.1 Å². The minimum atomic E-state index is -4.63. The summed E-state index contributed by atoms with van der Waals surface area (Å²) in [6.07, 6.45) is 6.40. The van der Waals surface area contributed by atoms with Crippen molar-refractivity contribution >= 4 is 28.3 Å². The number of esters is 1. The van der Waals surface area contributed by atoms with Gasteiger partial charge in [-0.25, -0.2) is 8.98 Å². The van der Waals surface area contributed by atoms with E-state index in [4.69, 9.17) is 13.2 Å². The summed E-state index contributed by atoms with van der Waals surface area (Å²) < 4.78 is 40.2. The van der Waals surface area contributed by atoms with Crippen LogP contribution in [0.4, 0.5) is 4.79 Å². The molecule has 3 rings (SSSR count). The van der Waals surface area contributed by atoms with Gasteiger partial charge in [-0.3, -0.25) is 9.59 Å². The maximum atomic E-state index is 12.9. The Morgan fingerprint density at radius 3 is 2.53 bits per heavy atom. The highest BCUT2D eigenvalue weighted by molar-refractivity contribution is 7.81. The number of hydroxylamine groups is 2. The number of urea groups is 1. The molecule has 206 valence electrons. The number of quaternary nitrogens is 1. The van der Waals surface area contributed by atoms with E-state index in [0.717, 1.165) is 56.7 Å². The summed E-state index contributed by atoms with van der Waals surface area (Å²) in [6, 6.07) is -1.77. The smallest absolute Gasteiger partial charge is 0.421 e. The number of hydrogen-bond acceptors (Lipinski definition) is 8. The SMILES string of the molecule is CCCCCCOC(=O)C(C)(C)COS(=O)(=O)ON1C(=O)N2C[C@H]1CC[C@H]2C(=O)NC1CC[NH2+]CC1. The number of unbranched alkanes of at least 4 members (excludes halogenated alkanes) is 3. The van der Waals surface area contributed by atoms with Gasteiger partial charge >= 0.3 is 22.4 Å². The molecule has 2 bridgehead atoms. The molecule has 0 aromatic carbocycles. The zero-order valence-electron chi connectivity index (χ0n) is 21.6. The Balaban J connectivity index is 1.49. The number of fused-ring (bicyclic) bond motifs is 2. The Morgan fingerprint density at radius 1 is 1.11 bits per heavy atom. The van der Waals surface area contributed by atoms with Crippen molar-refractivity contribution in [1.29, 1.82) is 0 Å². The number of carbonyl (C=O) groups excluding carboxylic acids is 3. The number of ether oxygens (including phenoxy) is 1. The molecule has 3 fully saturated rings. The topological polar surface area (TPSA) is 148 Å². The molecular formula is C23H41N4O8S+. The molecule has 36 heavy (non-hydrogen) atoms. The second kappa shape index (κ2) is 12.5. The summed E-state index contributed by atoms with van der Waals surface area (Å²) >= 11 is 0. The lowest BCUT2D eigenvalue weighted by Gasteiger charge is -2.31. The van der Waals surface area contributed by atoms with Gasteiger partial charge in [0.1, 0.15) is 6.04 Å². The van der Waals surface area contributed by atoms with Crippen molar-refractivity contribution in [3.05, 3.63) is 0 Å². The van der Waals surface area contributed by atoms with E-state index in [2.05, 4.69) is 17.6 Å². The van der Waals surface area contributed by atoms with Crippen LogP contribution in [0.5, 0.6) is 0 Å². The van der Waals surface area contributed by atoms with Crippen LogP contribution in [0.15, 0.2) is 0 Å². The number of nitrogens with zero attached hydrogens (tertiary/aromatic N) is 2. The van der Waals surface area contributed by atoms with E-state index in [1.165, 1.54) is 18.7 Å². The van der Waals surface area contributed by atoms with Gasteiger partial charge in [0.25, 0.3) is 0 Å². The number of nitrogens with two attached hydrogens (primary N) is 1. The minimum absolute atomic E-state index is 0.0884. The number of piperidine rings is 2. The van der Waals surface area contributed by atoms with Crippen LogP contribution in [-0.2, 0) is 33.2 Å². The minimum Gasteiger partial charge on any atom is -0.465 e. The van der Waals surface area contributed by atoms with E-state index in [1.807, 2.05) is 0 Å². The Kier molecular flexibility index (Phi) is 9.95. The highest BCUT2D eigenvalue weighted by Crippen LogP contribution is 2.31. The quantitative estimate of drug-likeness (QED) is 0.256. The van der Waals surface area contributed by atoms with E-state index in [0.29, 0.717) is 12.8 Å². The fourth-order valence-corrected chi connectivity index (χ4v) is 5.52. The van der Waals surface area contributed by atoms with Gasteiger partial charge in [-0.1, -0.05) is 26.2 Å². The first-order chi connectivity index (χ1) is 17.0. The Bertz CT molecular complexity index is 891. The molecule has 0 aromatic heterocycles. The van der Waals surface area contributed by atoms with Gasteiger partial charge in [-0.15, -0.1) is 4.28 Å². The molecule has 0 radical (unpaired) electrons. The second-order valence-electron chi connectivity index (χ2n) is 10.5. The third-order valence-corrected chi connectivity index (χ3v) is 7.68. The molecule has 0 spiro atoms. The molecule has 0 unspecified atom stereocenters. The van der Waals surface area contributed by atoms with Gasteiger partial charge in [0.2, 0.25) is 5.91 Å². The number of rotatable bonds is 13. The predicted octanol–water partition coefficient (Wildman–Crippen LogP) is 0.440. The van der Waals surface area contributed by atoms with Crippen molar-refractivity contribution in [2.24, 2.45) is 5.41 Å². The van der Waals surface area contributed by atoms with Crippen LogP contribution in [0.1, 0.15) is 72.1 Å². The van der Waals surface area contributed by atoms with Crippen LogP contribution >= 0.6 is 0 Å². The fourth-order valence-electron chi connectivity index (χ4n) is 4.66. The number of nitrogens with one attached hydrogen (secondary N) is 1. The van der Waals surface area contributed by atoms with Gasteiger partial charge in [-0.05, 0) is 33.1 Å². The number of carbonyl (C=O) groups is 3. The van der Waals surface area contributed by atoms with Crippen molar-refractivity contribution in [2.75, 3.05) is 32.8 Å². The molecule has 13 heteroatoms. The summed E-state index contributed by atoms with van der Waals surface area (Å²) in [5.41, 5.74) is -1.23. The molecular weight excluding hydrogens is 492 g/mol. The van der Waals surface area contributed by atoms with Crippen molar-refractivity contribution in [1.82, 2.24) is 15.3 Å². The first kappa shape index (κ1) is 28.6. The monoisotopic (exact) mass is 533 g/mol. The van der Waals surface area contributed by atoms with Crippen molar-refractivity contribution < 1.29 is 41.3 Å². The molecule has 3 N–H and O–H groups in total. The lowest BCUT2D eigenvalue weighted by atomic mass is 9.95. The number of amides is 3. The highest BCUT2D eigenvalue weighted by atomic mass is 32.3. The van der Waals surface area contributed by atoms with Gasteiger partial charge in [-0.2, -0.15) is 13.5 Å². The highest BCUT2D eigenvalue weighted by Gasteiger charge is 2.50. The summed E-state index contributed by atoms with van der Waals surface area (Å²) in [5, 5.41) is 6.01.